The van der Waals surface area contributed by atoms with Crippen LogP contribution >= 0.6 is 0 Å². The molecule has 0 aromatic rings. The van der Waals surface area contributed by atoms with E-state index in [9.17, 15) is 0 Å². The third-order valence-corrected chi connectivity index (χ3v) is 84.3. The van der Waals surface area contributed by atoms with Crippen LogP contribution in [0.4, 0.5) is 0 Å². The first kappa shape index (κ1) is 5.01. The van der Waals surface area contributed by atoms with Gasteiger partial charge in [0.1, 0.15) is 0 Å². The Morgan fingerprint density at radius 1 is 1.17 bits per heavy atom. The van der Waals surface area contributed by atoms with Crippen molar-refractivity contribution in [2.75, 3.05) is 0 Å². The van der Waals surface area contributed by atoms with Crippen molar-refractivity contribution in [2.24, 2.45) is 0 Å². The first-order valence-electron chi connectivity index (χ1n) is 2.71. The van der Waals surface area contributed by atoms with Crippen molar-refractivity contribution in [1.82, 2.24) is 0 Å². The quantitative estimate of drug-likeness (QED) is 0.350. The van der Waals surface area contributed by atoms with Gasteiger partial charge in [-0.1, -0.05) is 13.1 Å². The van der Waals surface area contributed by atoms with E-state index in [2.05, 4.69) is 13.1 Å². The molecule has 1 saturated heterocycles. The second-order valence-electron chi connectivity index (χ2n) is 3.02. The van der Waals surface area contributed by atoms with E-state index in [1.807, 2.05) is 0 Å². The lowest BCUT2D eigenvalue weighted by molar-refractivity contribution is 2.04. The highest BCUT2D eigenvalue weighted by Crippen LogP contribution is 2.02. The van der Waals surface area contributed by atoms with Crippen LogP contribution in [0.15, 0.2) is 0 Å². The molecule has 1 aliphatic heterocycles. The molecule has 1 heterocycles. The maximum atomic E-state index is 2.63. The van der Waals surface area contributed by atoms with Crippen LogP contribution in [0.1, 0.15) is 0 Å². The second-order valence-corrected chi connectivity index (χ2v) is 44.0. The summed E-state index contributed by atoms with van der Waals surface area (Å²) in [5.41, 5.74) is 0. The fraction of sp³-hybridized carbons (Fsp3) is 1.00. The van der Waals surface area contributed by atoms with Gasteiger partial charge in [-0.3, -0.25) is 0 Å². The Kier molecular flexibility index (Phi) is 1.19. The first-order valence-corrected chi connectivity index (χ1v) is 18.4. The Hall–Kier alpha value is 0.868. The Bertz CT molecular complexity index is 52.6. The van der Waals surface area contributed by atoms with E-state index < -0.39 is 0 Å². The van der Waals surface area contributed by atoms with Gasteiger partial charge in [-0.2, -0.15) is 0 Å². The monoisotopic (exact) mass is 148 g/mol. The third kappa shape index (κ3) is 0.926. The van der Waals surface area contributed by atoms with Gasteiger partial charge in [0.2, 0.25) is 0 Å². The van der Waals surface area contributed by atoms with Crippen molar-refractivity contribution >= 4 is 32.8 Å². The number of rotatable bonds is 0. The highest BCUT2D eigenvalue weighted by Gasteiger charge is 2.28. The van der Waals surface area contributed by atoms with Gasteiger partial charge >= 0.3 is 0 Å². The molecule has 0 unspecified atom stereocenters. The minimum absolute atomic E-state index is 0.111. The molecule has 0 aromatic heterocycles. The average molecular weight is 148 g/mol. The summed E-state index contributed by atoms with van der Waals surface area (Å²) in [6.07, 6.45) is 0. The summed E-state index contributed by atoms with van der Waals surface area (Å²) >= 11 is 0. The zero-order valence-electron chi connectivity index (χ0n) is 4.62. The smallest absolute Gasteiger partial charge is 0.0155 e. The zero-order valence-corrected chi connectivity index (χ0v) is 9.86. The average Bonchev–Trinajstić information content (AvgIpc) is 1.32. The lowest BCUT2D eigenvalue weighted by Gasteiger charge is -2.29. The van der Waals surface area contributed by atoms with E-state index in [1.165, 1.54) is 0 Å². The van der Waals surface area contributed by atoms with Gasteiger partial charge in [-0.05, 0) is 25.7 Å². The lowest BCUT2D eigenvalue weighted by Crippen LogP contribution is -2.60. The molecule has 0 amide bonds. The van der Waals surface area contributed by atoms with Gasteiger partial charge in [0, 0.05) is 7.11 Å². The summed E-state index contributed by atoms with van der Waals surface area (Å²) in [6, 6.07) is 0. The molecule has 36 valence electrons. The van der Waals surface area contributed by atoms with Crippen LogP contribution in [0.5, 0.6) is 0 Å². The van der Waals surface area contributed by atoms with Crippen LogP contribution < -0.4 is 0 Å². The highest BCUT2D eigenvalue weighted by atomic mass is 30.1. The van der Waals surface area contributed by atoms with Crippen LogP contribution in [0.2, 0.25) is 13.1 Å². The molecule has 6 heavy (non-hydrogen) atoms. The summed E-state index contributed by atoms with van der Waals surface area (Å²) in [5.74, 6) is 0. The van der Waals surface area contributed by atoms with Crippen molar-refractivity contribution in [2.45, 2.75) is 13.1 Å². The summed E-state index contributed by atoms with van der Waals surface area (Å²) in [4.78, 5) is 0. The second kappa shape index (κ2) is 1.43. The molecule has 1 aliphatic rings. The number of hydrogen-bond donors (Lipinski definition) is 0. The fourth-order valence-electron chi connectivity index (χ4n) is 0.884. The van der Waals surface area contributed by atoms with Gasteiger partial charge in [-0.25, -0.2) is 0 Å². The molecule has 1 fully saturated rings. The van der Waals surface area contributed by atoms with Gasteiger partial charge in [0.05, 0.1) is 0 Å². The molecular formula is C2H12Si4. The molecule has 4 heteroatoms. The Balaban J connectivity index is 2.31. The van der Waals surface area contributed by atoms with Crippen molar-refractivity contribution in [3.63, 3.8) is 0 Å². The third-order valence-electron chi connectivity index (χ3n) is 1.71. The van der Waals surface area contributed by atoms with Crippen LogP contribution in [0, 0.1) is 0 Å². The molecule has 0 saturated carbocycles. The van der Waals surface area contributed by atoms with Crippen molar-refractivity contribution < 1.29 is 0 Å². The molecule has 0 aromatic carbocycles. The maximum absolute atomic E-state index is 2.63. The van der Waals surface area contributed by atoms with E-state index in [0.717, 1.165) is 25.7 Å². The Labute approximate surface area is 46.4 Å². The van der Waals surface area contributed by atoms with Gasteiger partial charge in [0.15, 0.2) is 0 Å². The van der Waals surface area contributed by atoms with E-state index in [4.69, 9.17) is 0 Å². The topological polar surface area (TPSA) is 0 Å². The van der Waals surface area contributed by atoms with Crippen molar-refractivity contribution in [3.05, 3.63) is 0 Å². The molecule has 0 radical (unpaired) electrons. The summed E-state index contributed by atoms with van der Waals surface area (Å²) in [6.45, 7) is 5.25. The van der Waals surface area contributed by atoms with Gasteiger partial charge in [0.25, 0.3) is 0 Å². The molecular weight excluding hydrogens is 136 g/mol. The van der Waals surface area contributed by atoms with Crippen LogP contribution in [0.25, 0.3) is 0 Å². The van der Waals surface area contributed by atoms with Gasteiger partial charge in [-0.15, -0.1) is 0 Å². The molecule has 0 N–H and O–H groups in total. The maximum Gasteiger partial charge on any atom is 0.0155 e. The molecule has 0 aliphatic carbocycles. The molecule has 1 rings (SSSR count). The minimum atomic E-state index is -0.111. The first-order chi connectivity index (χ1) is 2.71. The Morgan fingerprint density at radius 2 is 1.50 bits per heavy atom. The minimum Gasteiger partial charge on any atom is -0.0745 e. The van der Waals surface area contributed by atoms with E-state index in [-0.39, 0.29) is 7.11 Å². The summed E-state index contributed by atoms with van der Waals surface area (Å²) < 4.78 is 0. The predicted octanol–water partition coefficient (Wildman–Crippen LogP) is -1.96. The summed E-state index contributed by atoms with van der Waals surface area (Å²) in [5, 5.41) is 0. The van der Waals surface area contributed by atoms with E-state index >= 15 is 0 Å². The SMILES string of the molecule is C[Si]1(C)[SiH2][SiH2][SiH2]1. The largest absolute Gasteiger partial charge is 0.0745 e. The standard InChI is InChI=1S/C2H12Si4/c1-6(2)4-3-5-6/h3-5H2,1-2H3. The molecule has 0 atom stereocenters. The molecule has 0 spiro atoms. The zero-order chi connectivity index (χ0) is 4.62. The molecule has 0 bridgehead atoms. The van der Waals surface area contributed by atoms with E-state index in [1.54, 1.807) is 0 Å². The highest BCUT2D eigenvalue weighted by molar-refractivity contribution is 7.86. The summed E-state index contributed by atoms with van der Waals surface area (Å²) in [7, 11) is 2.27. The van der Waals surface area contributed by atoms with Crippen LogP contribution in [-0.4, -0.2) is 32.8 Å². The predicted molar refractivity (Wildman–Crippen MR) is 43.1 cm³/mol. The van der Waals surface area contributed by atoms with Gasteiger partial charge < -0.3 is 0 Å². The molecule has 0 nitrogen and oxygen atoms in total. The van der Waals surface area contributed by atoms with Crippen molar-refractivity contribution in [3.8, 4) is 0 Å². The normalized spacial score (nSPS) is 41.0. The number of hydrogen-bond acceptors (Lipinski definition) is 0. The Morgan fingerprint density at radius 3 is 1.50 bits per heavy atom. The fourth-order valence-corrected chi connectivity index (χ4v) is 71.6. The van der Waals surface area contributed by atoms with Crippen LogP contribution in [-0.2, 0) is 0 Å². The van der Waals surface area contributed by atoms with Crippen molar-refractivity contribution in [1.29, 1.82) is 0 Å². The lowest BCUT2D eigenvalue weighted by atomic mass is 11.9. The van der Waals surface area contributed by atoms with Crippen LogP contribution in [0.3, 0.4) is 0 Å². The van der Waals surface area contributed by atoms with E-state index in [0.29, 0.717) is 0 Å².